The molecule has 0 spiro atoms. The fraction of sp³-hybridized carbons (Fsp3) is 0.640. The highest BCUT2D eigenvalue weighted by Gasteiger charge is 2.36. The molecule has 1 aromatic carbocycles. The van der Waals surface area contributed by atoms with E-state index in [2.05, 4.69) is 6.07 Å². The number of benzene rings is 1. The highest BCUT2D eigenvalue weighted by Crippen LogP contribution is 2.28. The zero-order valence-electron chi connectivity index (χ0n) is 20.7. The van der Waals surface area contributed by atoms with E-state index >= 15 is 0 Å². The van der Waals surface area contributed by atoms with E-state index in [1.165, 1.54) is 12.0 Å². The van der Waals surface area contributed by atoms with Gasteiger partial charge < -0.3 is 28.7 Å². The average Bonchev–Trinajstić information content (AvgIpc) is 2.85. The van der Waals surface area contributed by atoms with Gasteiger partial charge in [-0.15, -0.1) is 0 Å². The zero-order valence-corrected chi connectivity index (χ0v) is 20.7. The molecule has 1 saturated heterocycles. The minimum atomic E-state index is -0.515. The Labute approximate surface area is 201 Å². The van der Waals surface area contributed by atoms with E-state index in [9.17, 15) is 14.9 Å². The quantitative estimate of drug-likeness (QED) is 0.648. The van der Waals surface area contributed by atoms with Gasteiger partial charge in [-0.3, -0.25) is 9.59 Å². The Morgan fingerprint density at radius 2 is 1.76 bits per heavy atom. The average molecular weight is 474 g/mol. The molecule has 2 amide bonds. The smallest absolute Gasteiger partial charge is 0.257 e. The van der Waals surface area contributed by atoms with Gasteiger partial charge >= 0.3 is 0 Å². The molecule has 1 aromatic rings. The Morgan fingerprint density at radius 3 is 2.44 bits per heavy atom. The van der Waals surface area contributed by atoms with Crippen LogP contribution in [-0.2, 0) is 19.0 Å². The third-order valence-electron chi connectivity index (χ3n) is 6.79. The summed E-state index contributed by atoms with van der Waals surface area (Å²) >= 11 is 0. The SMILES string of the molecule is CO[C@H]1CC[C@H]2CCOc3c(C#N)cccc3C(=O)N(C)C[C@@H](OC)[C@H](C)C(=O)N(C)C[C@@H]1O2. The molecule has 0 radical (unpaired) electrons. The Hall–Kier alpha value is -2.67. The maximum absolute atomic E-state index is 13.3. The number of likely N-dealkylation sites (N-methyl/N-ethyl adjacent to an activating group) is 2. The number of hydrogen-bond acceptors (Lipinski definition) is 7. The lowest BCUT2D eigenvalue weighted by Crippen LogP contribution is -2.50. The third kappa shape index (κ3) is 5.69. The van der Waals surface area contributed by atoms with Crippen LogP contribution in [-0.4, -0.2) is 94.0 Å². The van der Waals surface area contributed by atoms with Crippen molar-refractivity contribution in [3.8, 4) is 11.8 Å². The predicted octanol–water partition coefficient (Wildman–Crippen LogP) is 2.08. The maximum atomic E-state index is 13.3. The molecule has 9 heteroatoms. The number of hydrogen-bond donors (Lipinski definition) is 0. The normalized spacial score (nSPS) is 29.2. The van der Waals surface area contributed by atoms with E-state index in [1.807, 2.05) is 0 Å². The van der Waals surface area contributed by atoms with Gasteiger partial charge in [0, 0.05) is 47.8 Å². The standard InChI is InChI=1S/C25H35N3O6/c1-16-21(32-5)14-28(3)25(30)19-8-6-7-17(13-26)23(19)33-12-11-18-9-10-20(31-4)22(34-18)15-27(2)24(16)29/h6-8,16,18,20-22H,9-12,14-15H2,1-5H3/t16-,18-,20-,21+,22-/m0/s1. The first-order valence-electron chi connectivity index (χ1n) is 11.7. The largest absolute Gasteiger partial charge is 0.491 e. The van der Waals surface area contributed by atoms with Crippen molar-refractivity contribution >= 4 is 11.8 Å². The molecule has 1 fully saturated rings. The summed E-state index contributed by atoms with van der Waals surface area (Å²) < 4.78 is 23.6. The molecule has 0 unspecified atom stereocenters. The summed E-state index contributed by atoms with van der Waals surface area (Å²) in [6, 6.07) is 7.07. The lowest BCUT2D eigenvalue weighted by molar-refractivity contribution is -0.154. The number of nitrogens with zero attached hydrogens (tertiary/aromatic N) is 3. The fourth-order valence-electron chi connectivity index (χ4n) is 4.68. The summed E-state index contributed by atoms with van der Waals surface area (Å²) in [6.45, 7) is 2.70. The van der Waals surface area contributed by atoms with Crippen LogP contribution in [0, 0.1) is 17.2 Å². The van der Waals surface area contributed by atoms with Crippen LogP contribution in [0.4, 0.5) is 0 Å². The number of para-hydroxylation sites is 1. The van der Waals surface area contributed by atoms with Crippen molar-refractivity contribution in [3.05, 3.63) is 29.3 Å². The van der Waals surface area contributed by atoms with Crippen molar-refractivity contribution < 1.29 is 28.5 Å². The van der Waals surface area contributed by atoms with E-state index < -0.39 is 12.0 Å². The second-order valence-corrected chi connectivity index (χ2v) is 9.05. The molecule has 2 aliphatic heterocycles. The summed E-state index contributed by atoms with van der Waals surface area (Å²) in [5.74, 6) is -0.601. The number of carbonyl (C=O) groups excluding carboxylic acids is 2. The number of carbonyl (C=O) groups is 2. The van der Waals surface area contributed by atoms with E-state index in [-0.39, 0.29) is 42.4 Å². The summed E-state index contributed by atoms with van der Waals surface area (Å²) in [4.78, 5) is 29.7. The molecule has 2 heterocycles. The lowest BCUT2D eigenvalue weighted by atomic mass is 9.97. The van der Waals surface area contributed by atoms with Crippen LogP contribution in [0.2, 0.25) is 0 Å². The summed E-state index contributed by atoms with van der Waals surface area (Å²) in [5, 5.41) is 9.60. The Balaban J connectivity index is 1.95. The Bertz CT molecular complexity index is 916. The van der Waals surface area contributed by atoms with Crippen molar-refractivity contribution in [2.24, 2.45) is 5.92 Å². The topological polar surface area (TPSA) is 101 Å². The van der Waals surface area contributed by atoms with Crippen LogP contribution >= 0.6 is 0 Å². The summed E-state index contributed by atoms with van der Waals surface area (Å²) in [5.41, 5.74) is 0.609. The van der Waals surface area contributed by atoms with Gasteiger partial charge in [0.15, 0.2) is 0 Å². The number of rotatable bonds is 2. The first kappa shape index (κ1) is 25.9. The number of fused-ring (bicyclic) bond motifs is 3. The van der Waals surface area contributed by atoms with E-state index in [4.69, 9.17) is 18.9 Å². The highest BCUT2D eigenvalue weighted by atomic mass is 16.5. The molecule has 0 N–H and O–H groups in total. The fourth-order valence-corrected chi connectivity index (χ4v) is 4.68. The van der Waals surface area contributed by atoms with Gasteiger partial charge in [-0.1, -0.05) is 13.0 Å². The first-order valence-corrected chi connectivity index (χ1v) is 11.7. The third-order valence-corrected chi connectivity index (χ3v) is 6.79. The maximum Gasteiger partial charge on any atom is 0.257 e. The molecule has 0 aliphatic carbocycles. The van der Waals surface area contributed by atoms with Gasteiger partial charge in [0.2, 0.25) is 5.91 Å². The number of methoxy groups -OCH3 is 2. The van der Waals surface area contributed by atoms with E-state index in [0.717, 1.165) is 12.8 Å². The molecule has 186 valence electrons. The molecule has 0 saturated carbocycles. The molecule has 2 bridgehead atoms. The number of ether oxygens (including phenoxy) is 4. The Morgan fingerprint density at radius 1 is 1.03 bits per heavy atom. The van der Waals surface area contributed by atoms with Crippen molar-refractivity contribution in [1.29, 1.82) is 5.26 Å². The second-order valence-electron chi connectivity index (χ2n) is 9.05. The van der Waals surface area contributed by atoms with E-state index in [0.29, 0.717) is 30.7 Å². The minimum Gasteiger partial charge on any atom is -0.491 e. The zero-order chi connectivity index (χ0) is 24.8. The molecule has 3 rings (SSSR count). The minimum absolute atomic E-state index is 0.0759. The van der Waals surface area contributed by atoms with Gasteiger partial charge in [0.25, 0.3) is 5.91 Å². The van der Waals surface area contributed by atoms with Gasteiger partial charge in [-0.2, -0.15) is 5.26 Å². The van der Waals surface area contributed by atoms with E-state index in [1.54, 1.807) is 51.2 Å². The van der Waals surface area contributed by atoms with Crippen molar-refractivity contribution in [2.45, 2.75) is 50.6 Å². The molecule has 0 aromatic heterocycles. The molecule has 9 nitrogen and oxygen atoms in total. The second kappa shape index (κ2) is 11.6. The monoisotopic (exact) mass is 473 g/mol. The molecule has 34 heavy (non-hydrogen) atoms. The van der Waals surface area contributed by atoms with Gasteiger partial charge in [-0.25, -0.2) is 0 Å². The number of amides is 2. The van der Waals surface area contributed by atoms with Crippen molar-refractivity contribution in [1.82, 2.24) is 9.80 Å². The van der Waals surface area contributed by atoms with Crippen LogP contribution in [0.1, 0.15) is 42.1 Å². The van der Waals surface area contributed by atoms with Gasteiger partial charge in [0.05, 0.1) is 42.0 Å². The van der Waals surface area contributed by atoms with Crippen LogP contribution in [0.15, 0.2) is 18.2 Å². The predicted molar refractivity (Wildman–Crippen MR) is 125 cm³/mol. The van der Waals surface area contributed by atoms with Crippen LogP contribution in [0.5, 0.6) is 5.75 Å². The van der Waals surface area contributed by atoms with Crippen LogP contribution < -0.4 is 4.74 Å². The first-order chi connectivity index (χ1) is 16.3. The number of nitriles is 1. The molecule has 2 aliphatic rings. The molecular weight excluding hydrogens is 438 g/mol. The molecular formula is C25H35N3O6. The Kier molecular flexibility index (Phi) is 8.89. The highest BCUT2D eigenvalue weighted by molar-refractivity contribution is 5.97. The van der Waals surface area contributed by atoms with Crippen LogP contribution in [0.3, 0.4) is 0 Å². The molecule has 5 atom stereocenters. The summed E-state index contributed by atoms with van der Waals surface area (Å²) in [7, 11) is 6.61. The van der Waals surface area contributed by atoms with Crippen LogP contribution in [0.25, 0.3) is 0 Å². The van der Waals surface area contributed by atoms with Crippen molar-refractivity contribution in [2.75, 3.05) is 48.0 Å². The summed E-state index contributed by atoms with van der Waals surface area (Å²) in [6.07, 6.45) is 1.25. The van der Waals surface area contributed by atoms with Gasteiger partial charge in [-0.05, 0) is 25.0 Å². The lowest BCUT2D eigenvalue weighted by Gasteiger charge is -2.38. The van der Waals surface area contributed by atoms with Crippen molar-refractivity contribution in [3.63, 3.8) is 0 Å². The van der Waals surface area contributed by atoms with Gasteiger partial charge in [0.1, 0.15) is 17.9 Å².